The largest absolute Gasteiger partial charge is 0.492 e. The molecule has 1 heterocycles. The molecule has 0 atom stereocenters. The zero-order chi connectivity index (χ0) is 18.3. The Labute approximate surface area is 176 Å². The lowest BCUT2D eigenvalue weighted by Gasteiger charge is -2.13. The molecule has 8 heteroatoms. The second kappa shape index (κ2) is 10.6. The monoisotopic (exact) mass is 492 g/mol. The summed E-state index contributed by atoms with van der Waals surface area (Å²) in [6.45, 7) is 7.86. The van der Waals surface area contributed by atoms with Crippen LogP contribution in [0.15, 0.2) is 39.9 Å². The molecule has 26 heavy (non-hydrogen) atoms. The fourth-order valence-corrected chi connectivity index (χ4v) is 2.11. The van der Waals surface area contributed by atoms with Crippen molar-refractivity contribution in [2.45, 2.75) is 32.7 Å². The number of rotatable bonds is 6. The fourth-order valence-electron chi connectivity index (χ4n) is 1.99. The Bertz CT molecular complexity index is 696. The maximum absolute atomic E-state index is 5.84. The van der Waals surface area contributed by atoms with Gasteiger partial charge in [-0.15, -0.1) is 24.0 Å². The van der Waals surface area contributed by atoms with Gasteiger partial charge < -0.3 is 19.8 Å². The zero-order valence-electron chi connectivity index (χ0n) is 15.5. The predicted molar refractivity (Wildman–Crippen MR) is 116 cm³/mol. The number of aliphatic imine (C=N–C) groups is 1. The SMILES string of the molecule is CN=C(NCCOc1ccc(Cl)cc1)NCc1ncc(C(C)(C)C)o1.I. The molecule has 0 saturated carbocycles. The van der Waals surface area contributed by atoms with Crippen LogP contribution >= 0.6 is 35.6 Å². The van der Waals surface area contributed by atoms with Crippen LogP contribution in [0.2, 0.25) is 5.02 Å². The van der Waals surface area contributed by atoms with Crippen molar-refractivity contribution in [3.05, 3.63) is 47.1 Å². The molecule has 0 saturated heterocycles. The van der Waals surface area contributed by atoms with Gasteiger partial charge in [-0.1, -0.05) is 32.4 Å². The Morgan fingerprint density at radius 2 is 1.92 bits per heavy atom. The normalized spacial score (nSPS) is 11.7. The molecule has 144 valence electrons. The summed E-state index contributed by atoms with van der Waals surface area (Å²) in [4.78, 5) is 8.45. The Morgan fingerprint density at radius 3 is 2.50 bits per heavy atom. The van der Waals surface area contributed by atoms with Crippen molar-refractivity contribution in [2.75, 3.05) is 20.2 Å². The van der Waals surface area contributed by atoms with E-state index in [2.05, 4.69) is 41.4 Å². The highest BCUT2D eigenvalue weighted by Crippen LogP contribution is 2.22. The van der Waals surface area contributed by atoms with Crippen molar-refractivity contribution < 1.29 is 9.15 Å². The number of halogens is 2. The summed E-state index contributed by atoms with van der Waals surface area (Å²) in [7, 11) is 1.71. The van der Waals surface area contributed by atoms with Crippen LogP contribution in [-0.4, -0.2) is 31.1 Å². The van der Waals surface area contributed by atoms with E-state index in [1.54, 1.807) is 25.4 Å². The zero-order valence-corrected chi connectivity index (χ0v) is 18.6. The molecule has 0 spiro atoms. The first-order valence-corrected chi connectivity index (χ1v) is 8.54. The molecule has 0 aliphatic rings. The Morgan fingerprint density at radius 1 is 1.23 bits per heavy atom. The summed E-state index contributed by atoms with van der Waals surface area (Å²) in [5.74, 6) is 2.94. The maximum atomic E-state index is 5.84. The average Bonchev–Trinajstić information content (AvgIpc) is 3.05. The van der Waals surface area contributed by atoms with E-state index in [0.717, 1.165) is 11.5 Å². The summed E-state index contributed by atoms with van der Waals surface area (Å²) in [6, 6.07) is 7.27. The minimum absolute atomic E-state index is 0. The minimum atomic E-state index is -0.0514. The first-order valence-electron chi connectivity index (χ1n) is 8.16. The Kier molecular flexibility index (Phi) is 9.21. The molecule has 0 bridgehead atoms. The Balaban J connectivity index is 0.00000338. The van der Waals surface area contributed by atoms with E-state index in [4.69, 9.17) is 20.8 Å². The van der Waals surface area contributed by atoms with E-state index < -0.39 is 0 Å². The molecule has 0 aliphatic carbocycles. The van der Waals surface area contributed by atoms with Crippen LogP contribution in [0.3, 0.4) is 0 Å². The van der Waals surface area contributed by atoms with Crippen LogP contribution in [0.25, 0.3) is 0 Å². The van der Waals surface area contributed by atoms with Gasteiger partial charge in [-0.3, -0.25) is 4.99 Å². The van der Waals surface area contributed by atoms with E-state index in [-0.39, 0.29) is 29.4 Å². The van der Waals surface area contributed by atoms with Crippen LogP contribution in [0, 0.1) is 0 Å². The van der Waals surface area contributed by atoms with Crippen LogP contribution in [0.1, 0.15) is 32.4 Å². The number of hydrogen-bond donors (Lipinski definition) is 2. The van der Waals surface area contributed by atoms with Gasteiger partial charge in [0.15, 0.2) is 5.96 Å². The van der Waals surface area contributed by atoms with E-state index in [0.29, 0.717) is 36.6 Å². The van der Waals surface area contributed by atoms with Crippen LogP contribution in [0.5, 0.6) is 5.75 Å². The van der Waals surface area contributed by atoms with Gasteiger partial charge in [-0.2, -0.15) is 0 Å². The summed E-state index contributed by atoms with van der Waals surface area (Å²) < 4.78 is 11.4. The summed E-state index contributed by atoms with van der Waals surface area (Å²) in [5, 5.41) is 7.03. The number of nitrogens with zero attached hydrogens (tertiary/aromatic N) is 2. The first kappa shape index (κ1) is 22.6. The van der Waals surface area contributed by atoms with Gasteiger partial charge in [0.2, 0.25) is 5.89 Å². The lowest BCUT2D eigenvalue weighted by Crippen LogP contribution is -2.38. The highest BCUT2D eigenvalue weighted by Gasteiger charge is 2.19. The number of hydrogen-bond acceptors (Lipinski definition) is 4. The molecule has 0 fully saturated rings. The van der Waals surface area contributed by atoms with Crippen LogP contribution < -0.4 is 15.4 Å². The average molecular weight is 493 g/mol. The van der Waals surface area contributed by atoms with Crippen molar-refractivity contribution in [3.63, 3.8) is 0 Å². The number of oxazole rings is 1. The van der Waals surface area contributed by atoms with Gasteiger partial charge in [0.05, 0.1) is 19.3 Å². The third-order valence-electron chi connectivity index (χ3n) is 3.40. The molecule has 1 aromatic heterocycles. The molecule has 0 aliphatic heterocycles. The highest BCUT2D eigenvalue weighted by molar-refractivity contribution is 14.0. The molecule has 0 unspecified atom stereocenters. The molecule has 1 aromatic carbocycles. The van der Waals surface area contributed by atoms with Gasteiger partial charge >= 0.3 is 0 Å². The molecule has 2 aromatic rings. The highest BCUT2D eigenvalue weighted by atomic mass is 127. The molecule has 0 amide bonds. The number of benzene rings is 1. The van der Waals surface area contributed by atoms with Gasteiger partial charge in [-0.05, 0) is 24.3 Å². The second-order valence-electron chi connectivity index (χ2n) is 6.52. The third-order valence-corrected chi connectivity index (χ3v) is 3.65. The lowest BCUT2D eigenvalue weighted by atomic mass is 9.94. The molecular formula is C18H26ClIN4O2. The molecule has 2 rings (SSSR count). The number of nitrogens with one attached hydrogen (secondary N) is 2. The summed E-state index contributed by atoms with van der Waals surface area (Å²) in [6.07, 6.45) is 1.77. The van der Waals surface area contributed by atoms with E-state index in [1.165, 1.54) is 0 Å². The fraction of sp³-hybridized carbons (Fsp3) is 0.444. The smallest absolute Gasteiger partial charge is 0.213 e. The second-order valence-corrected chi connectivity index (χ2v) is 6.96. The molecule has 0 radical (unpaired) electrons. The van der Waals surface area contributed by atoms with Crippen molar-refractivity contribution in [3.8, 4) is 5.75 Å². The van der Waals surface area contributed by atoms with E-state index in [9.17, 15) is 0 Å². The van der Waals surface area contributed by atoms with E-state index in [1.807, 2.05) is 12.1 Å². The summed E-state index contributed by atoms with van der Waals surface area (Å²) in [5.41, 5.74) is -0.0514. The van der Waals surface area contributed by atoms with Gasteiger partial charge in [0.25, 0.3) is 0 Å². The topological polar surface area (TPSA) is 71.7 Å². The maximum Gasteiger partial charge on any atom is 0.213 e. The summed E-state index contributed by atoms with van der Waals surface area (Å²) >= 11 is 5.84. The third kappa shape index (κ3) is 7.41. The standard InChI is InChI=1S/C18H25ClN4O2.HI/c1-18(2,3)15-11-22-16(25-15)12-23-17(20-4)21-9-10-24-14-7-5-13(19)6-8-14;/h5-8,11H,9-10,12H2,1-4H3,(H2,20,21,23);1H. The molecular weight excluding hydrogens is 467 g/mol. The Hall–Kier alpha value is -1.48. The van der Waals surface area contributed by atoms with Gasteiger partial charge in [-0.25, -0.2) is 4.98 Å². The van der Waals surface area contributed by atoms with Crippen LogP contribution in [-0.2, 0) is 12.0 Å². The van der Waals surface area contributed by atoms with Crippen LogP contribution in [0.4, 0.5) is 0 Å². The molecule has 2 N–H and O–H groups in total. The van der Waals surface area contributed by atoms with Crippen molar-refractivity contribution in [1.82, 2.24) is 15.6 Å². The van der Waals surface area contributed by atoms with E-state index >= 15 is 0 Å². The van der Waals surface area contributed by atoms with Crippen molar-refractivity contribution in [1.29, 1.82) is 0 Å². The quantitative estimate of drug-likeness (QED) is 0.276. The number of ether oxygens (including phenoxy) is 1. The first-order chi connectivity index (χ1) is 11.9. The van der Waals surface area contributed by atoms with Crippen molar-refractivity contribution in [2.24, 2.45) is 4.99 Å². The predicted octanol–water partition coefficient (Wildman–Crippen LogP) is 3.99. The molecule has 6 nitrogen and oxygen atoms in total. The van der Waals surface area contributed by atoms with Crippen molar-refractivity contribution >= 4 is 41.5 Å². The van der Waals surface area contributed by atoms with Gasteiger partial charge in [0.1, 0.15) is 18.1 Å². The minimum Gasteiger partial charge on any atom is -0.492 e. The lowest BCUT2D eigenvalue weighted by molar-refractivity contribution is 0.321. The number of aromatic nitrogens is 1. The van der Waals surface area contributed by atoms with Gasteiger partial charge in [0, 0.05) is 17.5 Å². The number of guanidine groups is 1.